The van der Waals surface area contributed by atoms with Gasteiger partial charge in [0.05, 0.1) is 12.2 Å². The van der Waals surface area contributed by atoms with Crippen LogP contribution >= 0.6 is 0 Å². The van der Waals surface area contributed by atoms with Gasteiger partial charge in [-0.1, -0.05) is 13.8 Å². The lowest BCUT2D eigenvalue weighted by Gasteiger charge is -2.49. The highest BCUT2D eigenvalue weighted by molar-refractivity contribution is 5.94. The van der Waals surface area contributed by atoms with Crippen molar-refractivity contribution in [3.63, 3.8) is 0 Å². The zero-order valence-electron chi connectivity index (χ0n) is 12.3. The number of carbonyl (C=O) groups excluding carboxylic acids is 1. The SMILES string of the molecule is COCC1(O)CCN(C(=O)c2ccncc2)CC1(C)C. The first-order valence-electron chi connectivity index (χ1n) is 6.80. The molecule has 20 heavy (non-hydrogen) atoms. The quantitative estimate of drug-likeness (QED) is 0.906. The summed E-state index contributed by atoms with van der Waals surface area (Å²) >= 11 is 0. The van der Waals surface area contributed by atoms with Crippen LogP contribution in [0.1, 0.15) is 30.6 Å². The summed E-state index contributed by atoms with van der Waals surface area (Å²) in [6.45, 7) is 5.27. The van der Waals surface area contributed by atoms with Crippen molar-refractivity contribution in [1.29, 1.82) is 0 Å². The molecule has 1 atom stereocenters. The number of carbonyl (C=O) groups is 1. The first-order chi connectivity index (χ1) is 9.39. The normalized spacial score (nSPS) is 25.5. The van der Waals surface area contributed by atoms with Gasteiger partial charge in [-0.05, 0) is 18.6 Å². The lowest BCUT2D eigenvalue weighted by molar-refractivity contribution is -0.144. The third-order valence-electron chi connectivity index (χ3n) is 4.24. The molecule has 1 saturated heterocycles. The van der Waals surface area contributed by atoms with E-state index in [2.05, 4.69) is 4.98 Å². The maximum Gasteiger partial charge on any atom is 0.253 e. The summed E-state index contributed by atoms with van der Waals surface area (Å²) in [5.41, 5.74) is -0.672. The maximum absolute atomic E-state index is 12.4. The van der Waals surface area contributed by atoms with E-state index in [1.807, 2.05) is 13.8 Å². The predicted octanol–water partition coefficient (Wildman–Crippen LogP) is 1.33. The number of ether oxygens (including phenoxy) is 1. The molecular weight excluding hydrogens is 256 g/mol. The van der Waals surface area contributed by atoms with Gasteiger partial charge in [-0.3, -0.25) is 9.78 Å². The third kappa shape index (κ3) is 2.69. The standard InChI is InChI=1S/C15H22N2O3/c1-14(2)10-17(9-6-15(14,19)11-20-3)13(18)12-4-7-16-8-5-12/h4-5,7-8,19H,6,9-11H2,1-3H3. The number of methoxy groups -OCH3 is 1. The van der Waals surface area contributed by atoms with Crippen molar-refractivity contribution in [1.82, 2.24) is 9.88 Å². The van der Waals surface area contributed by atoms with Gasteiger partial charge in [-0.25, -0.2) is 0 Å². The van der Waals surface area contributed by atoms with Gasteiger partial charge in [0.25, 0.3) is 5.91 Å². The number of aromatic nitrogens is 1. The van der Waals surface area contributed by atoms with Crippen molar-refractivity contribution in [2.75, 3.05) is 26.8 Å². The second-order valence-corrected chi connectivity index (χ2v) is 6.06. The van der Waals surface area contributed by atoms with E-state index in [1.165, 1.54) is 0 Å². The second kappa shape index (κ2) is 5.50. The smallest absolute Gasteiger partial charge is 0.253 e. The molecular formula is C15H22N2O3. The lowest BCUT2D eigenvalue weighted by Crippen LogP contribution is -2.60. The van der Waals surface area contributed by atoms with Crippen LogP contribution in [0.2, 0.25) is 0 Å². The van der Waals surface area contributed by atoms with Crippen LogP contribution < -0.4 is 0 Å². The second-order valence-electron chi connectivity index (χ2n) is 6.06. The van der Waals surface area contributed by atoms with Crippen molar-refractivity contribution in [3.05, 3.63) is 30.1 Å². The van der Waals surface area contributed by atoms with Gasteiger partial charge in [0, 0.05) is 43.6 Å². The summed E-state index contributed by atoms with van der Waals surface area (Å²) in [6, 6.07) is 3.43. The Morgan fingerprint density at radius 1 is 1.45 bits per heavy atom. The van der Waals surface area contributed by atoms with E-state index in [-0.39, 0.29) is 12.5 Å². The van der Waals surface area contributed by atoms with Crippen LogP contribution in [-0.4, -0.2) is 53.3 Å². The number of hydrogen-bond donors (Lipinski definition) is 1. The summed E-state index contributed by atoms with van der Waals surface area (Å²) in [5, 5.41) is 10.7. The number of pyridine rings is 1. The van der Waals surface area contributed by atoms with E-state index in [0.29, 0.717) is 25.1 Å². The van der Waals surface area contributed by atoms with Gasteiger partial charge in [-0.15, -0.1) is 0 Å². The summed E-state index contributed by atoms with van der Waals surface area (Å²) in [4.78, 5) is 18.2. The summed E-state index contributed by atoms with van der Waals surface area (Å²) in [5.74, 6) is -0.0139. The fourth-order valence-electron chi connectivity index (χ4n) is 2.72. The number of nitrogens with zero attached hydrogens (tertiary/aromatic N) is 2. The van der Waals surface area contributed by atoms with Crippen molar-refractivity contribution in [3.8, 4) is 0 Å². The van der Waals surface area contributed by atoms with E-state index in [9.17, 15) is 9.90 Å². The van der Waals surface area contributed by atoms with Crippen molar-refractivity contribution >= 4 is 5.91 Å². The molecule has 2 rings (SSSR count). The Labute approximate surface area is 119 Å². The van der Waals surface area contributed by atoms with Crippen LogP contribution in [0.4, 0.5) is 0 Å². The van der Waals surface area contributed by atoms with E-state index >= 15 is 0 Å². The van der Waals surface area contributed by atoms with Crippen LogP contribution in [-0.2, 0) is 4.74 Å². The Bertz CT molecular complexity index is 475. The highest BCUT2D eigenvalue weighted by Crippen LogP contribution is 2.39. The fraction of sp³-hybridized carbons (Fsp3) is 0.600. The lowest BCUT2D eigenvalue weighted by atomic mass is 9.70. The molecule has 0 spiro atoms. The van der Waals surface area contributed by atoms with Gasteiger partial charge in [0.15, 0.2) is 0 Å². The highest BCUT2D eigenvalue weighted by Gasteiger charge is 2.48. The average molecular weight is 278 g/mol. The molecule has 0 bridgehead atoms. The first kappa shape index (κ1) is 14.9. The number of likely N-dealkylation sites (tertiary alicyclic amines) is 1. The number of rotatable bonds is 3. The van der Waals surface area contributed by atoms with Crippen LogP contribution in [0.5, 0.6) is 0 Å². The van der Waals surface area contributed by atoms with Crippen LogP contribution in [0, 0.1) is 5.41 Å². The van der Waals surface area contributed by atoms with Crippen molar-refractivity contribution < 1.29 is 14.6 Å². The Balaban J connectivity index is 2.14. The fourth-order valence-corrected chi connectivity index (χ4v) is 2.72. The van der Waals surface area contributed by atoms with E-state index in [4.69, 9.17) is 4.74 Å². The average Bonchev–Trinajstić information content (AvgIpc) is 2.42. The molecule has 0 saturated carbocycles. The summed E-state index contributed by atoms with van der Waals surface area (Å²) in [7, 11) is 1.59. The Morgan fingerprint density at radius 3 is 2.65 bits per heavy atom. The molecule has 1 N–H and O–H groups in total. The number of aliphatic hydroxyl groups is 1. The monoisotopic (exact) mass is 278 g/mol. The molecule has 2 heterocycles. The van der Waals surface area contributed by atoms with E-state index < -0.39 is 11.0 Å². The van der Waals surface area contributed by atoms with Gasteiger partial charge in [0.1, 0.15) is 0 Å². The minimum absolute atomic E-state index is 0.0139. The molecule has 1 fully saturated rings. The van der Waals surface area contributed by atoms with E-state index in [0.717, 1.165) is 0 Å². The topological polar surface area (TPSA) is 62.7 Å². The Kier molecular flexibility index (Phi) is 4.11. The van der Waals surface area contributed by atoms with Crippen molar-refractivity contribution in [2.24, 2.45) is 5.41 Å². The zero-order valence-corrected chi connectivity index (χ0v) is 12.3. The molecule has 0 radical (unpaired) electrons. The van der Waals surface area contributed by atoms with Gasteiger partial charge in [0.2, 0.25) is 0 Å². The minimum atomic E-state index is -0.892. The van der Waals surface area contributed by atoms with Gasteiger partial charge >= 0.3 is 0 Å². The summed E-state index contributed by atoms with van der Waals surface area (Å²) < 4.78 is 5.14. The van der Waals surface area contributed by atoms with Crippen molar-refractivity contribution in [2.45, 2.75) is 25.9 Å². The Morgan fingerprint density at radius 2 is 2.10 bits per heavy atom. The molecule has 5 heteroatoms. The zero-order chi connectivity index (χ0) is 14.8. The van der Waals surface area contributed by atoms with Gasteiger partial charge < -0.3 is 14.7 Å². The molecule has 1 aliphatic rings. The molecule has 5 nitrogen and oxygen atoms in total. The molecule has 110 valence electrons. The summed E-state index contributed by atoms with van der Waals surface area (Å²) in [6.07, 6.45) is 3.75. The van der Waals surface area contributed by atoms with Crippen LogP contribution in [0.15, 0.2) is 24.5 Å². The molecule has 1 aliphatic heterocycles. The maximum atomic E-state index is 12.4. The number of amides is 1. The first-order valence-corrected chi connectivity index (χ1v) is 6.80. The molecule has 0 aromatic carbocycles. The largest absolute Gasteiger partial charge is 0.387 e. The Hall–Kier alpha value is -1.46. The predicted molar refractivity (Wildman–Crippen MR) is 75.4 cm³/mol. The van der Waals surface area contributed by atoms with Crippen LogP contribution in [0.25, 0.3) is 0 Å². The van der Waals surface area contributed by atoms with Crippen LogP contribution in [0.3, 0.4) is 0 Å². The highest BCUT2D eigenvalue weighted by atomic mass is 16.5. The number of hydrogen-bond acceptors (Lipinski definition) is 4. The van der Waals surface area contributed by atoms with Gasteiger partial charge in [-0.2, -0.15) is 0 Å². The number of piperidine rings is 1. The molecule has 1 unspecified atom stereocenters. The molecule has 1 amide bonds. The van der Waals surface area contributed by atoms with E-state index in [1.54, 1.807) is 36.5 Å². The molecule has 1 aromatic heterocycles. The molecule has 1 aromatic rings. The minimum Gasteiger partial charge on any atom is -0.387 e. The molecule has 0 aliphatic carbocycles. The third-order valence-corrected chi connectivity index (χ3v) is 4.24.